The third-order valence-corrected chi connectivity index (χ3v) is 3.34. The Morgan fingerprint density at radius 3 is 2.48 bits per heavy atom. The maximum Gasteiger partial charge on any atom is 0.342 e. The largest absolute Gasteiger partial charge is 0.507 e. The minimum atomic E-state index is -0.549. The first-order valence-corrected chi connectivity index (χ1v) is 6.58. The van der Waals surface area contributed by atoms with E-state index in [1.54, 1.807) is 40.2 Å². The van der Waals surface area contributed by atoms with Gasteiger partial charge in [0.25, 0.3) is 0 Å². The SMILES string of the molecule is CCOC(=O)c1c(O)cc2cc(OC)cc(OC)c2c1C. The van der Waals surface area contributed by atoms with Gasteiger partial charge in [-0.2, -0.15) is 0 Å². The zero-order valence-electron chi connectivity index (χ0n) is 12.5. The van der Waals surface area contributed by atoms with Crippen molar-refractivity contribution in [3.05, 3.63) is 29.3 Å². The fourth-order valence-corrected chi connectivity index (χ4v) is 2.40. The molecule has 0 aliphatic rings. The van der Waals surface area contributed by atoms with Gasteiger partial charge < -0.3 is 19.3 Å². The standard InChI is InChI=1S/C16H18O5/c1-5-21-16(18)15-9(2)14-10(7-12(15)17)6-11(19-3)8-13(14)20-4/h6-8,17H,5H2,1-4H3. The number of rotatable bonds is 4. The number of fused-ring (bicyclic) bond motifs is 1. The van der Waals surface area contributed by atoms with Gasteiger partial charge in [-0.1, -0.05) is 0 Å². The summed E-state index contributed by atoms with van der Waals surface area (Å²) in [7, 11) is 3.10. The average Bonchev–Trinajstić information content (AvgIpc) is 2.45. The molecule has 2 aromatic rings. The van der Waals surface area contributed by atoms with Gasteiger partial charge in [-0.25, -0.2) is 4.79 Å². The Balaban J connectivity index is 2.78. The molecule has 0 saturated carbocycles. The van der Waals surface area contributed by atoms with Gasteiger partial charge in [0.2, 0.25) is 0 Å². The maximum atomic E-state index is 12.0. The molecule has 0 saturated heterocycles. The third-order valence-electron chi connectivity index (χ3n) is 3.34. The number of carbonyl (C=O) groups is 1. The minimum Gasteiger partial charge on any atom is -0.507 e. The van der Waals surface area contributed by atoms with Crippen LogP contribution < -0.4 is 9.47 Å². The molecular formula is C16H18O5. The summed E-state index contributed by atoms with van der Waals surface area (Å²) >= 11 is 0. The lowest BCUT2D eigenvalue weighted by molar-refractivity contribution is 0.0522. The highest BCUT2D eigenvalue weighted by atomic mass is 16.5. The van der Waals surface area contributed by atoms with Crippen LogP contribution in [0.5, 0.6) is 17.2 Å². The van der Waals surface area contributed by atoms with Crippen molar-refractivity contribution in [2.24, 2.45) is 0 Å². The van der Waals surface area contributed by atoms with Gasteiger partial charge in [0.05, 0.1) is 20.8 Å². The summed E-state index contributed by atoms with van der Waals surface area (Å²) in [5.74, 6) is 0.524. The van der Waals surface area contributed by atoms with E-state index in [1.807, 2.05) is 0 Å². The van der Waals surface area contributed by atoms with Gasteiger partial charge >= 0.3 is 5.97 Å². The lowest BCUT2D eigenvalue weighted by Crippen LogP contribution is -2.08. The molecule has 2 aromatic carbocycles. The van der Waals surface area contributed by atoms with Gasteiger partial charge in [0.15, 0.2) is 0 Å². The molecule has 5 heteroatoms. The number of aryl methyl sites for hydroxylation is 1. The molecule has 0 fully saturated rings. The van der Waals surface area contributed by atoms with Crippen LogP contribution in [0.2, 0.25) is 0 Å². The van der Waals surface area contributed by atoms with Crippen molar-refractivity contribution >= 4 is 16.7 Å². The van der Waals surface area contributed by atoms with Crippen molar-refractivity contribution in [2.45, 2.75) is 13.8 Å². The molecule has 0 heterocycles. The summed E-state index contributed by atoms with van der Waals surface area (Å²) in [6.07, 6.45) is 0. The van der Waals surface area contributed by atoms with Crippen LogP contribution in [-0.2, 0) is 4.74 Å². The molecule has 0 bridgehead atoms. The summed E-state index contributed by atoms with van der Waals surface area (Å²) in [6.45, 7) is 3.72. The predicted molar refractivity (Wildman–Crippen MR) is 79.4 cm³/mol. The molecule has 112 valence electrons. The molecule has 0 spiro atoms. The van der Waals surface area contributed by atoms with Crippen LogP contribution in [0.25, 0.3) is 10.8 Å². The van der Waals surface area contributed by atoms with Crippen molar-refractivity contribution in [3.63, 3.8) is 0 Å². The Morgan fingerprint density at radius 1 is 1.19 bits per heavy atom. The number of phenolic OH excluding ortho intramolecular Hbond substituents is 1. The van der Waals surface area contributed by atoms with Gasteiger partial charge in [-0.15, -0.1) is 0 Å². The topological polar surface area (TPSA) is 65.0 Å². The summed E-state index contributed by atoms with van der Waals surface area (Å²) in [6, 6.07) is 5.03. The molecule has 5 nitrogen and oxygen atoms in total. The second-order valence-corrected chi connectivity index (χ2v) is 4.54. The number of aromatic hydroxyl groups is 1. The smallest absolute Gasteiger partial charge is 0.342 e. The molecule has 0 amide bonds. The Hall–Kier alpha value is -2.43. The second kappa shape index (κ2) is 5.91. The van der Waals surface area contributed by atoms with Crippen LogP contribution in [0.1, 0.15) is 22.8 Å². The van der Waals surface area contributed by atoms with E-state index in [9.17, 15) is 9.90 Å². The summed E-state index contributed by atoms with van der Waals surface area (Å²) in [4.78, 5) is 12.0. The molecule has 1 N–H and O–H groups in total. The highest BCUT2D eigenvalue weighted by molar-refractivity contribution is 6.04. The number of carbonyl (C=O) groups excluding carboxylic acids is 1. The van der Waals surface area contributed by atoms with Gasteiger partial charge in [0.1, 0.15) is 22.8 Å². The van der Waals surface area contributed by atoms with Crippen molar-refractivity contribution in [3.8, 4) is 17.2 Å². The fourth-order valence-electron chi connectivity index (χ4n) is 2.40. The van der Waals surface area contributed by atoms with Gasteiger partial charge in [-0.05, 0) is 36.9 Å². The third kappa shape index (κ3) is 2.59. The molecule has 0 radical (unpaired) electrons. The van der Waals surface area contributed by atoms with Crippen LogP contribution in [0.4, 0.5) is 0 Å². The monoisotopic (exact) mass is 290 g/mol. The van der Waals surface area contributed by atoms with E-state index in [2.05, 4.69) is 0 Å². The molecule has 0 atom stereocenters. The molecule has 2 rings (SSSR count). The Kier molecular flexibility index (Phi) is 4.21. The molecule has 0 aromatic heterocycles. The quantitative estimate of drug-likeness (QED) is 0.877. The highest BCUT2D eigenvalue weighted by Crippen LogP contribution is 2.38. The second-order valence-electron chi connectivity index (χ2n) is 4.54. The van der Waals surface area contributed by atoms with Crippen LogP contribution in [-0.4, -0.2) is 31.9 Å². The van der Waals surface area contributed by atoms with Crippen molar-refractivity contribution < 1.29 is 24.1 Å². The Bertz CT molecular complexity index is 691. The van der Waals surface area contributed by atoms with E-state index in [0.717, 1.165) is 10.8 Å². The first-order chi connectivity index (χ1) is 10.0. The normalized spacial score (nSPS) is 10.5. The summed E-state index contributed by atoms with van der Waals surface area (Å²) in [5, 5.41) is 11.6. The van der Waals surface area contributed by atoms with E-state index in [1.165, 1.54) is 6.07 Å². The van der Waals surface area contributed by atoms with E-state index in [-0.39, 0.29) is 17.9 Å². The maximum absolute atomic E-state index is 12.0. The molecule has 21 heavy (non-hydrogen) atoms. The lowest BCUT2D eigenvalue weighted by atomic mass is 9.98. The van der Waals surface area contributed by atoms with Crippen molar-refractivity contribution in [1.29, 1.82) is 0 Å². The number of ether oxygens (including phenoxy) is 3. The number of esters is 1. The molecule has 0 aliphatic carbocycles. The van der Waals surface area contributed by atoms with E-state index < -0.39 is 5.97 Å². The number of phenols is 1. The van der Waals surface area contributed by atoms with E-state index >= 15 is 0 Å². The fraction of sp³-hybridized carbons (Fsp3) is 0.312. The molecule has 0 aliphatic heterocycles. The van der Waals surface area contributed by atoms with Gasteiger partial charge in [-0.3, -0.25) is 0 Å². The zero-order valence-corrected chi connectivity index (χ0v) is 12.5. The Labute approximate surface area is 123 Å². The van der Waals surface area contributed by atoms with Crippen molar-refractivity contribution in [1.82, 2.24) is 0 Å². The zero-order chi connectivity index (χ0) is 15.6. The molecular weight excluding hydrogens is 272 g/mol. The van der Waals surface area contributed by atoms with Crippen LogP contribution in [0.15, 0.2) is 18.2 Å². The summed E-state index contributed by atoms with van der Waals surface area (Å²) in [5.41, 5.74) is 0.774. The number of hydrogen-bond acceptors (Lipinski definition) is 5. The van der Waals surface area contributed by atoms with Crippen molar-refractivity contribution in [2.75, 3.05) is 20.8 Å². The highest BCUT2D eigenvalue weighted by Gasteiger charge is 2.20. The van der Waals surface area contributed by atoms with E-state index in [4.69, 9.17) is 14.2 Å². The average molecular weight is 290 g/mol. The van der Waals surface area contributed by atoms with E-state index in [0.29, 0.717) is 17.1 Å². The first-order valence-electron chi connectivity index (χ1n) is 6.58. The van der Waals surface area contributed by atoms with Crippen LogP contribution in [0.3, 0.4) is 0 Å². The minimum absolute atomic E-state index is 0.117. The number of methoxy groups -OCH3 is 2. The number of benzene rings is 2. The summed E-state index contributed by atoms with van der Waals surface area (Å²) < 4.78 is 15.6. The first kappa shape index (κ1) is 15.0. The predicted octanol–water partition coefficient (Wildman–Crippen LogP) is 3.05. The van der Waals surface area contributed by atoms with Crippen LogP contribution in [0, 0.1) is 6.92 Å². The Morgan fingerprint density at radius 2 is 1.90 bits per heavy atom. The number of hydrogen-bond donors (Lipinski definition) is 1. The van der Waals surface area contributed by atoms with Gasteiger partial charge in [0, 0.05) is 11.5 Å². The van der Waals surface area contributed by atoms with Crippen LogP contribution >= 0.6 is 0 Å². The lowest BCUT2D eigenvalue weighted by Gasteiger charge is -2.15. The molecule has 0 unspecified atom stereocenters.